The van der Waals surface area contributed by atoms with E-state index in [2.05, 4.69) is 29.3 Å². The second-order valence-electron chi connectivity index (χ2n) is 8.30. The van der Waals surface area contributed by atoms with E-state index in [0.29, 0.717) is 18.0 Å². The van der Waals surface area contributed by atoms with Crippen LogP contribution in [-0.4, -0.2) is 45.7 Å². The highest BCUT2D eigenvalue weighted by Crippen LogP contribution is 2.39. The standard InChI is InChI=1S/C23H28N4O2S/c1-16-7-8-17-18(14-24)23(30-21(17)13-16)25-22(28)15-26-9-11-27(12-10-26)19-5-3-4-6-20(19)29-2/h3-6,16H,7-13,15H2,1-2H3,(H,25,28)/p+1/t16-/m1/s1. The fourth-order valence-electron chi connectivity index (χ4n) is 4.49. The quantitative estimate of drug-likeness (QED) is 0.770. The molecule has 0 radical (unpaired) electrons. The van der Waals surface area contributed by atoms with Crippen molar-refractivity contribution in [2.75, 3.05) is 50.1 Å². The van der Waals surface area contributed by atoms with Crippen molar-refractivity contribution >= 4 is 27.9 Å². The molecule has 0 unspecified atom stereocenters. The molecule has 1 aromatic heterocycles. The van der Waals surface area contributed by atoms with Gasteiger partial charge in [0.15, 0.2) is 6.54 Å². The highest BCUT2D eigenvalue weighted by atomic mass is 32.1. The molecule has 158 valence electrons. The third-order valence-corrected chi connectivity index (χ3v) is 7.35. The van der Waals surface area contributed by atoms with Crippen molar-refractivity contribution in [1.29, 1.82) is 5.26 Å². The summed E-state index contributed by atoms with van der Waals surface area (Å²) in [5.41, 5.74) is 2.96. The second-order valence-corrected chi connectivity index (χ2v) is 9.41. The molecular formula is C23H29N4O2S+. The van der Waals surface area contributed by atoms with Gasteiger partial charge in [-0.2, -0.15) is 5.26 Å². The Labute approximate surface area is 182 Å². The van der Waals surface area contributed by atoms with Crippen molar-refractivity contribution in [3.8, 4) is 11.8 Å². The van der Waals surface area contributed by atoms with Crippen molar-refractivity contribution in [3.05, 3.63) is 40.3 Å². The van der Waals surface area contributed by atoms with Crippen LogP contribution >= 0.6 is 11.3 Å². The van der Waals surface area contributed by atoms with Crippen molar-refractivity contribution in [1.82, 2.24) is 0 Å². The first kappa shape index (κ1) is 20.7. The molecule has 7 heteroatoms. The number of piperazine rings is 1. The zero-order valence-corrected chi connectivity index (χ0v) is 18.5. The minimum absolute atomic E-state index is 0.00103. The van der Waals surface area contributed by atoms with Crippen LogP contribution in [0.2, 0.25) is 0 Å². The van der Waals surface area contributed by atoms with Crippen LogP contribution in [0.5, 0.6) is 5.75 Å². The van der Waals surface area contributed by atoms with E-state index in [-0.39, 0.29) is 5.91 Å². The molecule has 2 aliphatic rings. The number of carbonyl (C=O) groups excluding carboxylic acids is 1. The van der Waals surface area contributed by atoms with Gasteiger partial charge < -0.3 is 19.9 Å². The Morgan fingerprint density at radius 3 is 2.87 bits per heavy atom. The van der Waals surface area contributed by atoms with Gasteiger partial charge in [0.1, 0.15) is 16.8 Å². The molecule has 4 rings (SSSR count). The van der Waals surface area contributed by atoms with Crippen LogP contribution in [0.3, 0.4) is 0 Å². The molecule has 2 aromatic rings. The SMILES string of the molecule is COc1ccccc1N1CC[NH+](CC(=O)Nc2sc3c(c2C#N)CC[C@@H](C)C3)CC1. The monoisotopic (exact) mass is 425 g/mol. The smallest absolute Gasteiger partial charge is 0.280 e. The van der Waals surface area contributed by atoms with Gasteiger partial charge in [-0.1, -0.05) is 19.1 Å². The fraction of sp³-hybridized carbons (Fsp3) is 0.478. The van der Waals surface area contributed by atoms with Crippen LogP contribution in [-0.2, 0) is 17.6 Å². The van der Waals surface area contributed by atoms with Crippen LogP contribution in [0.1, 0.15) is 29.3 Å². The minimum Gasteiger partial charge on any atom is -0.495 e. The van der Waals surface area contributed by atoms with Gasteiger partial charge in [-0.25, -0.2) is 0 Å². The lowest BCUT2D eigenvalue weighted by molar-refractivity contribution is -0.892. The predicted molar refractivity (Wildman–Crippen MR) is 120 cm³/mol. The molecule has 0 bridgehead atoms. The third kappa shape index (κ3) is 4.30. The number of ether oxygens (including phenoxy) is 1. The van der Waals surface area contributed by atoms with E-state index in [1.54, 1.807) is 18.4 Å². The number of quaternary nitrogens is 1. The number of amides is 1. The van der Waals surface area contributed by atoms with Crippen molar-refractivity contribution in [3.63, 3.8) is 0 Å². The van der Waals surface area contributed by atoms with Crippen LogP contribution < -0.4 is 19.9 Å². The van der Waals surface area contributed by atoms with Gasteiger partial charge in [0, 0.05) is 4.88 Å². The number of hydrogen-bond acceptors (Lipinski definition) is 5. The number of nitriles is 1. The number of hydrogen-bond donors (Lipinski definition) is 2. The summed E-state index contributed by atoms with van der Waals surface area (Å²) in [4.78, 5) is 17.6. The summed E-state index contributed by atoms with van der Waals surface area (Å²) < 4.78 is 5.48. The highest BCUT2D eigenvalue weighted by molar-refractivity contribution is 7.16. The summed E-state index contributed by atoms with van der Waals surface area (Å²) in [5.74, 6) is 1.54. The summed E-state index contributed by atoms with van der Waals surface area (Å²) in [6.45, 7) is 6.25. The zero-order chi connectivity index (χ0) is 21.1. The number of para-hydroxylation sites is 2. The number of benzene rings is 1. The summed E-state index contributed by atoms with van der Waals surface area (Å²) >= 11 is 1.60. The van der Waals surface area contributed by atoms with Crippen LogP contribution in [0.4, 0.5) is 10.7 Å². The van der Waals surface area contributed by atoms with Crippen molar-refractivity contribution in [2.24, 2.45) is 5.92 Å². The Bertz CT molecular complexity index is 957. The number of rotatable bonds is 5. The molecule has 1 aliphatic carbocycles. The largest absolute Gasteiger partial charge is 0.495 e. The van der Waals surface area contributed by atoms with E-state index in [1.807, 2.05) is 18.2 Å². The first-order valence-electron chi connectivity index (χ1n) is 10.6. The Kier molecular flexibility index (Phi) is 6.26. The van der Waals surface area contributed by atoms with Gasteiger partial charge in [0.05, 0.1) is 44.5 Å². The van der Waals surface area contributed by atoms with E-state index < -0.39 is 0 Å². The van der Waals surface area contributed by atoms with Crippen molar-refractivity contribution in [2.45, 2.75) is 26.2 Å². The molecule has 1 atom stereocenters. The number of anilines is 2. The van der Waals surface area contributed by atoms with Gasteiger partial charge in [0.2, 0.25) is 0 Å². The molecule has 2 heterocycles. The number of thiophene rings is 1. The average Bonchev–Trinajstić information content (AvgIpc) is 3.09. The first-order valence-corrected chi connectivity index (χ1v) is 11.5. The van der Waals surface area contributed by atoms with E-state index in [4.69, 9.17) is 4.74 Å². The van der Waals surface area contributed by atoms with Crippen LogP contribution in [0.25, 0.3) is 0 Å². The molecule has 1 amide bonds. The lowest BCUT2D eigenvalue weighted by atomic mass is 9.89. The number of methoxy groups -OCH3 is 1. The fourth-order valence-corrected chi connectivity index (χ4v) is 5.86. The second kappa shape index (κ2) is 9.07. The molecule has 1 aromatic carbocycles. The maximum absolute atomic E-state index is 12.7. The molecule has 6 nitrogen and oxygen atoms in total. The number of nitrogens with zero attached hydrogens (tertiary/aromatic N) is 2. The topological polar surface area (TPSA) is 69.8 Å². The summed E-state index contributed by atoms with van der Waals surface area (Å²) in [6, 6.07) is 10.4. The Balaban J connectivity index is 1.34. The normalized spacial score (nSPS) is 19.1. The Morgan fingerprint density at radius 1 is 1.37 bits per heavy atom. The third-order valence-electron chi connectivity index (χ3n) is 6.18. The van der Waals surface area contributed by atoms with Gasteiger partial charge in [-0.05, 0) is 42.9 Å². The first-order chi connectivity index (χ1) is 14.6. The highest BCUT2D eigenvalue weighted by Gasteiger charge is 2.27. The van der Waals surface area contributed by atoms with Crippen LogP contribution in [0, 0.1) is 17.2 Å². The maximum Gasteiger partial charge on any atom is 0.280 e. The van der Waals surface area contributed by atoms with Gasteiger partial charge in [-0.3, -0.25) is 4.79 Å². The lowest BCUT2D eigenvalue weighted by Crippen LogP contribution is -3.15. The van der Waals surface area contributed by atoms with Gasteiger partial charge in [0.25, 0.3) is 5.91 Å². The summed E-state index contributed by atoms with van der Waals surface area (Å²) in [5, 5.41) is 13.4. The average molecular weight is 426 g/mol. The number of fused-ring (bicyclic) bond motifs is 1. The molecule has 0 spiro atoms. The molecule has 2 N–H and O–H groups in total. The van der Waals surface area contributed by atoms with E-state index in [0.717, 1.165) is 67.4 Å². The minimum atomic E-state index is -0.00103. The molecule has 1 aliphatic heterocycles. The van der Waals surface area contributed by atoms with E-state index >= 15 is 0 Å². The number of nitrogens with one attached hydrogen (secondary N) is 2. The molecular weight excluding hydrogens is 396 g/mol. The van der Waals surface area contributed by atoms with E-state index in [1.165, 1.54) is 9.78 Å². The lowest BCUT2D eigenvalue weighted by Gasteiger charge is -2.33. The number of carbonyl (C=O) groups is 1. The Morgan fingerprint density at radius 2 is 2.13 bits per heavy atom. The van der Waals surface area contributed by atoms with E-state index in [9.17, 15) is 10.1 Å². The van der Waals surface area contributed by atoms with Crippen molar-refractivity contribution < 1.29 is 14.4 Å². The summed E-state index contributed by atoms with van der Waals surface area (Å²) in [7, 11) is 1.70. The predicted octanol–water partition coefficient (Wildman–Crippen LogP) is 2.10. The molecule has 1 fully saturated rings. The van der Waals surface area contributed by atoms with Crippen LogP contribution in [0.15, 0.2) is 24.3 Å². The van der Waals surface area contributed by atoms with Gasteiger partial charge >= 0.3 is 0 Å². The summed E-state index contributed by atoms with van der Waals surface area (Å²) in [6.07, 6.45) is 3.08. The maximum atomic E-state index is 12.7. The zero-order valence-electron chi connectivity index (χ0n) is 17.7. The molecule has 30 heavy (non-hydrogen) atoms. The Hall–Kier alpha value is -2.56. The molecule has 1 saturated heterocycles. The molecule has 0 saturated carbocycles. The van der Waals surface area contributed by atoms with Gasteiger partial charge in [-0.15, -0.1) is 11.3 Å².